The summed E-state index contributed by atoms with van der Waals surface area (Å²) in [5, 5.41) is 56.7. The molecule has 424 valence electrons. The van der Waals surface area contributed by atoms with Crippen LogP contribution in [0, 0.1) is 0 Å². The van der Waals surface area contributed by atoms with E-state index in [-0.39, 0.29) is 19.4 Å². The average Bonchev–Trinajstić information content (AvgIpc) is 3.39. The van der Waals surface area contributed by atoms with E-state index < -0.39 is 67.4 Å². The van der Waals surface area contributed by atoms with Crippen molar-refractivity contribution in [2.45, 2.75) is 307 Å². The minimum absolute atomic E-state index is 0.121. The molecule has 11 nitrogen and oxygen atoms in total. The highest BCUT2D eigenvalue weighted by Gasteiger charge is 2.47. The molecule has 0 spiro atoms. The van der Waals surface area contributed by atoms with Gasteiger partial charge >= 0.3 is 5.97 Å². The van der Waals surface area contributed by atoms with Crippen molar-refractivity contribution in [3.8, 4) is 0 Å². The first-order valence-corrected chi connectivity index (χ1v) is 30.1. The lowest BCUT2D eigenvalue weighted by atomic mass is 9.99. The summed E-state index contributed by atoms with van der Waals surface area (Å²) in [4.78, 5) is 26.4. The van der Waals surface area contributed by atoms with Gasteiger partial charge in [0, 0.05) is 6.42 Å². The number of carbonyl (C=O) groups is 2. The number of esters is 1. The summed E-state index contributed by atoms with van der Waals surface area (Å²) in [6.07, 6.45) is 51.4. The van der Waals surface area contributed by atoms with Crippen LogP contribution in [0.5, 0.6) is 0 Å². The fourth-order valence-corrected chi connectivity index (χ4v) is 9.25. The Labute approximate surface area is 446 Å². The van der Waals surface area contributed by atoms with Crippen LogP contribution in [0.15, 0.2) is 60.8 Å². The van der Waals surface area contributed by atoms with Crippen LogP contribution in [0.2, 0.25) is 0 Å². The van der Waals surface area contributed by atoms with Crippen LogP contribution in [0.25, 0.3) is 0 Å². The Morgan fingerprint density at radius 2 is 0.986 bits per heavy atom. The number of aliphatic hydroxyl groups excluding tert-OH is 5. The van der Waals surface area contributed by atoms with Crippen LogP contribution >= 0.6 is 0 Å². The van der Waals surface area contributed by atoms with Gasteiger partial charge in [-0.05, 0) is 44.9 Å². The molecule has 0 aromatic heterocycles. The van der Waals surface area contributed by atoms with Crippen LogP contribution in [0.4, 0.5) is 0 Å². The lowest BCUT2D eigenvalue weighted by Gasteiger charge is -2.41. The Morgan fingerprint density at radius 3 is 1.48 bits per heavy atom. The van der Waals surface area contributed by atoms with E-state index >= 15 is 0 Å². The quantitative estimate of drug-likeness (QED) is 0.0149. The molecule has 0 saturated carbocycles. The maximum atomic E-state index is 13.3. The topological polar surface area (TPSA) is 175 Å². The van der Waals surface area contributed by atoms with Crippen molar-refractivity contribution in [3.05, 3.63) is 60.8 Å². The van der Waals surface area contributed by atoms with Gasteiger partial charge in [-0.3, -0.25) is 9.59 Å². The zero-order chi connectivity index (χ0) is 53.3. The van der Waals surface area contributed by atoms with Gasteiger partial charge in [-0.15, -0.1) is 0 Å². The number of hydrogen-bond acceptors (Lipinski definition) is 10. The number of nitrogens with one attached hydrogen (secondary N) is 1. The molecular weight excluding hydrogens is 919 g/mol. The Hall–Kier alpha value is -2.64. The van der Waals surface area contributed by atoms with Gasteiger partial charge in [0.2, 0.25) is 5.91 Å². The van der Waals surface area contributed by atoms with Crippen LogP contribution in [0.3, 0.4) is 0 Å². The summed E-state index contributed by atoms with van der Waals surface area (Å²) in [7, 11) is 0. The summed E-state index contributed by atoms with van der Waals surface area (Å²) in [5.41, 5.74) is 0. The van der Waals surface area contributed by atoms with Crippen molar-refractivity contribution >= 4 is 11.9 Å². The second-order valence-corrected chi connectivity index (χ2v) is 20.8. The summed E-state index contributed by atoms with van der Waals surface area (Å²) in [6, 6.07) is -1.04. The number of hydrogen-bond donors (Lipinski definition) is 6. The molecule has 1 rings (SSSR count). The number of carbonyl (C=O) groups excluding carboxylic acids is 2. The van der Waals surface area contributed by atoms with Gasteiger partial charge in [0.25, 0.3) is 0 Å². The monoisotopic (exact) mass is 1030 g/mol. The van der Waals surface area contributed by atoms with Crippen molar-refractivity contribution in [2.75, 3.05) is 13.2 Å². The Balaban J connectivity index is 2.65. The van der Waals surface area contributed by atoms with Crippen LogP contribution in [-0.2, 0) is 23.8 Å². The number of allylic oxidation sites excluding steroid dienone is 9. The first-order valence-electron chi connectivity index (χ1n) is 30.1. The molecule has 1 aliphatic heterocycles. The molecule has 8 atom stereocenters. The van der Waals surface area contributed by atoms with Gasteiger partial charge in [-0.2, -0.15) is 0 Å². The Bertz CT molecular complexity index is 1420. The SMILES string of the molecule is CC/C=C/C=C/C=C\C=C/CCCCC(O)C(=O)NC(COC1OC(CO)C(O)C(O)C1OC(=O)CCCCCCCCCCCCCCCCCCCCCCC)C(O)/C=C/CCCCCCCCCCC. The molecule has 8 unspecified atom stereocenters. The minimum atomic E-state index is -1.62. The number of unbranched alkanes of at least 4 members (excludes halogenated alkanes) is 31. The van der Waals surface area contributed by atoms with Crippen molar-refractivity contribution in [1.29, 1.82) is 0 Å². The van der Waals surface area contributed by atoms with Crippen molar-refractivity contribution in [1.82, 2.24) is 5.32 Å². The molecule has 0 radical (unpaired) electrons. The third-order valence-electron chi connectivity index (χ3n) is 14.0. The van der Waals surface area contributed by atoms with Crippen molar-refractivity contribution in [2.24, 2.45) is 0 Å². The third kappa shape index (κ3) is 38.5. The van der Waals surface area contributed by atoms with Gasteiger partial charge < -0.3 is 45.1 Å². The smallest absolute Gasteiger partial charge is 0.306 e. The highest BCUT2D eigenvalue weighted by Crippen LogP contribution is 2.26. The predicted octanol–water partition coefficient (Wildman–Crippen LogP) is 13.8. The number of aliphatic hydroxyl groups is 5. The molecule has 0 aromatic rings. The number of amides is 1. The van der Waals surface area contributed by atoms with E-state index in [2.05, 4.69) is 32.2 Å². The minimum Gasteiger partial charge on any atom is -0.454 e. The number of ether oxygens (including phenoxy) is 3. The van der Waals surface area contributed by atoms with Crippen molar-refractivity contribution < 1.29 is 49.3 Å². The van der Waals surface area contributed by atoms with E-state index in [9.17, 15) is 35.1 Å². The van der Waals surface area contributed by atoms with E-state index in [0.29, 0.717) is 12.8 Å². The maximum absolute atomic E-state index is 13.3. The van der Waals surface area contributed by atoms with E-state index in [1.54, 1.807) is 6.08 Å². The molecule has 1 heterocycles. The molecule has 11 heteroatoms. The summed E-state index contributed by atoms with van der Waals surface area (Å²) < 4.78 is 17.6. The predicted molar refractivity (Wildman–Crippen MR) is 301 cm³/mol. The highest BCUT2D eigenvalue weighted by molar-refractivity contribution is 5.80. The van der Waals surface area contributed by atoms with Gasteiger partial charge in [0.05, 0.1) is 25.4 Å². The number of rotatable bonds is 50. The largest absolute Gasteiger partial charge is 0.454 e. The van der Waals surface area contributed by atoms with Gasteiger partial charge in [-0.1, -0.05) is 268 Å². The average molecular weight is 1030 g/mol. The molecule has 1 amide bonds. The molecule has 73 heavy (non-hydrogen) atoms. The molecule has 1 fully saturated rings. The molecule has 1 aliphatic rings. The summed E-state index contributed by atoms with van der Waals surface area (Å²) in [6.45, 7) is 5.61. The van der Waals surface area contributed by atoms with Gasteiger partial charge in [0.15, 0.2) is 12.4 Å². The molecule has 1 saturated heterocycles. The molecule has 6 N–H and O–H groups in total. The van der Waals surface area contributed by atoms with E-state index in [1.165, 1.54) is 148 Å². The Morgan fingerprint density at radius 1 is 0.548 bits per heavy atom. The van der Waals surface area contributed by atoms with Crippen LogP contribution in [-0.4, -0.2) is 99.6 Å². The first-order chi connectivity index (χ1) is 35.7. The van der Waals surface area contributed by atoms with E-state index in [0.717, 1.165) is 64.2 Å². The zero-order valence-electron chi connectivity index (χ0n) is 46.7. The molecule has 0 aliphatic carbocycles. The molecule has 0 bridgehead atoms. The summed E-state index contributed by atoms with van der Waals surface area (Å²) in [5.74, 6) is -1.23. The maximum Gasteiger partial charge on any atom is 0.306 e. The normalized spacial score (nSPS) is 19.8. The highest BCUT2D eigenvalue weighted by atomic mass is 16.7. The lowest BCUT2D eigenvalue weighted by Crippen LogP contribution is -2.61. The standard InChI is InChI=1S/C62H111NO10/c1-4-7-10-13-16-19-22-24-25-26-27-28-29-30-31-32-35-38-41-44-47-50-57(67)73-60-59(69)58(68)56(51-64)72-62(60)71-52-53(54(65)48-45-42-39-36-33-21-18-15-12-9-6-3)63-61(70)55(66)49-46-43-40-37-34-23-20-17-14-11-8-5-2/h8,11,14,17,20,23,34,37,45,48,53-56,58-60,62,64-66,68-69H,4-7,9-10,12-13,15-16,18-19,21-22,24-33,35-36,38-44,46-47,49-52H2,1-3H3,(H,63,70)/b11-8+,17-14+,23-20-,37-34-,48-45+. The van der Waals surface area contributed by atoms with Crippen LogP contribution in [0.1, 0.15) is 258 Å². The van der Waals surface area contributed by atoms with E-state index in [1.807, 2.05) is 48.6 Å². The second kappa shape index (κ2) is 50.2. The van der Waals surface area contributed by atoms with Gasteiger partial charge in [0.1, 0.15) is 24.4 Å². The van der Waals surface area contributed by atoms with Gasteiger partial charge in [-0.25, -0.2) is 0 Å². The lowest BCUT2D eigenvalue weighted by molar-refractivity contribution is -0.305. The fraction of sp³-hybridized carbons (Fsp3) is 0.806. The van der Waals surface area contributed by atoms with E-state index in [4.69, 9.17) is 14.2 Å². The zero-order valence-corrected chi connectivity index (χ0v) is 46.7. The van der Waals surface area contributed by atoms with Crippen molar-refractivity contribution in [3.63, 3.8) is 0 Å². The molecular formula is C62H111NO10. The Kier molecular flexibility index (Phi) is 47.0. The first kappa shape index (κ1) is 68.4. The van der Waals surface area contributed by atoms with Crippen LogP contribution < -0.4 is 5.32 Å². The summed E-state index contributed by atoms with van der Waals surface area (Å²) >= 11 is 0. The fourth-order valence-electron chi connectivity index (χ4n) is 9.25. The third-order valence-corrected chi connectivity index (χ3v) is 14.0. The molecule has 0 aromatic carbocycles. The second-order valence-electron chi connectivity index (χ2n) is 20.8.